The Balaban J connectivity index is 1.75. The first kappa shape index (κ1) is 17.8. The Morgan fingerprint density at radius 2 is 2.08 bits per heavy atom. The number of sulfone groups is 1. The van der Waals surface area contributed by atoms with Crippen LogP contribution in [0.3, 0.4) is 0 Å². The molecule has 0 aromatic heterocycles. The lowest BCUT2D eigenvalue weighted by Gasteiger charge is -2.30. The minimum Gasteiger partial charge on any atom is -0.406 e. The molecule has 136 valence electrons. The van der Waals surface area contributed by atoms with Crippen molar-refractivity contribution < 1.29 is 31.1 Å². The Morgan fingerprint density at radius 3 is 2.72 bits per heavy atom. The van der Waals surface area contributed by atoms with Gasteiger partial charge in [0.1, 0.15) is 5.75 Å². The van der Waals surface area contributed by atoms with Crippen LogP contribution >= 0.6 is 0 Å². The Labute approximate surface area is 143 Å². The molecule has 0 saturated heterocycles. The van der Waals surface area contributed by atoms with Crippen LogP contribution < -0.4 is 9.64 Å². The summed E-state index contributed by atoms with van der Waals surface area (Å²) in [6.07, 6.45) is -2.04. The number of carbonyl (C=O) groups excluding carboxylic acids is 1. The average molecular weight is 375 g/mol. The second kappa shape index (κ2) is 6.36. The van der Waals surface area contributed by atoms with E-state index >= 15 is 0 Å². The summed E-state index contributed by atoms with van der Waals surface area (Å²) in [6.45, 7) is 0.453. The lowest BCUT2D eigenvalue weighted by Crippen LogP contribution is -2.36. The largest absolute Gasteiger partial charge is 0.573 e. The van der Waals surface area contributed by atoms with E-state index in [9.17, 15) is 26.4 Å². The second-order valence-electron chi connectivity index (χ2n) is 6.11. The first-order chi connectivity index (χ1) is 11.6. The molecule has 0 bridgehead atoms. The number of carbonyl (C=O) groups is 1. The van der Waals surface area contributed by atoms with Crippen molar-refractivity contribution in [2.45, 2.75) is 25.6 Å². The number of fused-ring (bicyclic) bond motifs is 1. The van der Waals surface area contributed by atoms with Crippen molar-refractivity contribution >= 4 is 21.4 Å². The number of amides is 1. The number of aryl methyl sites for hydroxylation is 1. The van der Waals surface area contributed by atoms with Gasteiger partial charge in [0.25, 0.3) is 0 Å². The number of rotatable bonds is 3. The minimum atomic E-state index is -4.77. The van der Waals surface area contributed by atoms with Crippen LogP contribution in [-0.4, -0.2) is 33.0 Å². The van der Waals surface area contributed by atoms with Gasteiger partial charge in [-0.3, -0.25) is 4.79 Å². The Hall–Kier alpha value is -2.03. The number of hydrogen-bond acceptors (Lipinski definition) is 4. The molecule has 25 heavy (non-hydrogen) atoms. The first-order valence-corrected chi connectivity index (χ1v) is 9.44. The highest BCUT2D eigenvalue weighted by Crippen LogP contribution is 2.33. The molecule has 0 spiro atoms. The first-order valence-electron chi connectivity index (χ1n) is 7.73. The van der Waals surface area contributed by atoms with E-state index in [1.54, 1.807) is 0 Å². The van der Waals surface area contributed by atoms with Crippen molar-refractivity contribution in [2.24, 2.45) is 5.92 Å². The maximum Gasteiger partial charge on any atom is 0.573 e. The van der Waals surface area contributed by atoms with Gasteiger partial charge in [0.2, 0.25) is 5.91 Å². The summed E-state index contributed by atoms with van der Waals surface area (Å²) >= 11 is 0. The molecule has 0 N–H and O–H groups in total. The standard InChI is InChI=1S/C16H16F3NO4S/c17-16(18,19)24-13-3-4-14-12(9-13)2-1-6-20(14)15(21)8-11-5-7-25(22,23)10-11/h3-5,7,9,11H,1-2,6,8,10H2. The summed E-state index contributed by atoms with van der Waals surface area (Å²) < 4.78 is 63.8. The molecule has 0 aliphatic carbocycles. The lowest BCUT2D eigenvalue weighted by molar-refractivity contribution is -0.274. The van der Waals surface area contributed by atoms with Gasteiger partial charge in [-0.15, -0.1) is 13.2 Å². The SMILES string of the molecule is O=C(CC1C=CS(=O)(=O)C1)N1CCCc2cc(OC(F)(F)F)ccc21. The molecule has 1 unspecified atom stereocenters. The molecule has 1 aromatic rings. The van der Waals surface area contributed by atoms with Crippen LogP contribution in [0, 0.1) is 5.92 Å². The van der Waals surface area contributed by atoms with E-state index in [-0.39, 0.29) is 29.7 Å². The zero-order chi connectivity index (χ0) is 18.2. The van der Waals surface area contributed by atoms with Crippen molar-refractivity contribution in [2.75, 3.05) is 17.2 Å². The third kappa shape index (κ3) is 4.33. The fraction of sp³-hybridized carbons (Fsp3) is 0.438. The van der Waals surface area contributed by atoms with Gasteiger partial charge in [0, 0.05) is 30.0 Å². The fourth-order valence-electron chi connectivity index (χ4n) is 3.13. The quantitative estimate of drug-likeness (QED) is 0.815. The number of nitrogens with zero attached hydrogens (tertiary/aromatic N) is 1. The molecule has 1 aromatic carbocycles. The smallest absolute Gasteiger partial charge is 0.406 e. The van der Waals surface area contributed by atoms with Crippen LogP contribution in [0.2, 0.25) is 0 Å². The monoisotopic (exact) mass is 375 g/mol. The normalized spacial score (nSPS) is 21.9. The zero-order valence-corrected chi connectivity index (χ0v) is 13.9. The second-order valence-corrected chi connectivity index (χ2v) is 8.04. The molecule has 3 rings (SSSR count). The van der Waals surface area contributed by atoms with Crippen molar-refractivity contribution in [3.05, 3.63) is 35.2 Å². The summed E-state index contributed by atoms with van der Waals surface area (Å²) in [4.78, 5) is 14.0. The number of alkyl halides is 3. The van der Waals surface area contributed by atoms with Gasteiger partial charge in [-0.2, -0.15) is 0 Å². The van der Waals surface area contributed by atoms with Gasteiger partial charge < -0.3 is 9.64 Å². The Bertz CT molecular complexity index is 817. The number of halogens is 3. The lowest BCUT2D eigenvalue weighted by atomic mass is 9.99. The number of hydrogen-bond donors (Lipinski definition) is 0. The number of benzene rings is 1. The Morgan fingerprint density at radius 1 is 1.32 bits per heavy atom. The molecular formula is C16H16F3NO4S. The summed E-state index contributed by atoms with van der Waals surface area (Å²) in [7, 11) is -3.23. The van der Waals surface area contributed by atoms with E-state index < -0.39 is 16.2 Å². The third-order valence-corrected chi connectivity index (χ3v) is 5.61. The molecule has 2 aliphatic heterocycles. The highest BCUT2D eigenvalue weighted by atomic mass is 32.2. The van der Waals surface area contributed by atoms with Crippen LogP contribution in [0.1, 0.15) is 18.4 Å². The van der Waals surface area contributed by atoms with Gasteiger partial charge in [0.05, 0.1) is 5.75 Å². The fourth-order valence-corrected chi connectivity index (χ4v) is 4.53. The average Bonchev–Trinajstić information content (AvgIpc) is 2.83. The summed E-state index contributed by atoms with van der Waals surface area (Å²) in [6, 6.07) is 3.91. The summed E-state index contributed by atoms with van der Waals surface area (Å²) in [5.41, 5.74) is 1.16. The predicted molar refractivity (Wildman–Crippen MR) is 84.8 cm³/mol. The highest BCUT2D eigenvalue weighted by Gasteiger charge is 2.32. The molecule has 5 nitrogen and oxygen atoms in total. The van der Waals surface area contributed by atoms with E-state index in [4.69, 9.17) is 0 Å². The van der Waals surface area contributed by atoms with Crippen molar-refractivity contribution in [3.63, 3.8) is 0 Å². The molecule has 9 heteroatoms. The van der Waals surface area contributed by atoms with E-state index in [0.717, 1.165) is 5.41 Å². The van der Waals surface area contributed by atoms with Crippen LogP contribution in [0.4, 0.5) is 18.9 Å². The van der Waals surface area contributed by atoms with Crippen LogP contribution in [0.5, 0.6) is 5.75 Å². The van der Waals surface area contributed by atoms with Crippen LogP contribution in [0.15, 0.2) is 29.7 Å². The van der Waals surface area contributed by atoms with Crippen LogP contribution in [-0.2, 0) is 21.1 Å². The molecule has 2 heterocycles. The predicted octanol–water partition coefficient (Wildman–Crippen LogP) is 2.81. The number of ether oxygens (including phenoxy) is 1. The molecule has 2 aliphatic rings. The van der Waals surface area contributed by atoms with Crippen molar-refractivity contribution in [1.29, 1.82) is 0 Å². The van der Waals surface area contributed by atoms with Gasteiger partial charge in [-0.05, 0) is 36.6 Å². The van der Waals surface area contributed by atoms with E-state index in [1.807, 2.05) is 0 Å². The summed E-state index contributed by atoms with van der Waals surface area (Å²) in [5, 5.41) is 1.12. The zero-order valence-electron chi connectivity index (χ0n) is 13.1. The van der Waals surface area contributed by atoms with Gasteiger partial charge in [-0.25, -0.2) is 8.42 Å². The van der Waals surface area contributed by atoms with Gasteiger partial charge >= 0.3 is 6.36 Å². The third-order valence-electron chi connectivity index (χ3n) is 4.15. The number of allylic oxidation sites excluding steroid dienone is 1. The van der Waals surface area contributed by atoms with Gasteiger partial charge in [0.15, 0.2) is 9.84 Å². The maximum atomic E-state index is 12.5. The van der Waals surface area contributed by atoms with E-state index in [2.05, 4.69) is 4.74 Å². The Kier molecular flexibility index (Phi) is 4.52. The summed E-state index contributed by atoms with van der Waals surface area (Å²) in [5.74, 6) is -1.00. The molecule has 0 fully saturated rings. The van der Waals surface area contributed by atoms with E-state index in [0.29, 0.717) is 30.6 Å². The molecule has 1 atom stereocenters. The van der Waals surface area contributed by atoms with Crippen LogP contribution in [0.25, 0.3) is 0 Å². The minimum absolute atomic E-state index is 0.0516. The number of anilines is 1. The molecule has 1 amide bonds. The van der Waals surface area contributed by atoms with E-state index in [1.165, 1.54) is 29.2 Å². The molecule has 0 saturated carbocycles. The highest BCUT2D eigenvalue weighted by molar-refractivity contribution is 7.94. The van der Waals surface area contributed by atoms with Crippen molar-refractivity contribution in [3.8, 4) is 5.75 Å². The van der Waals surface area contributed by atoms with Gasteiger partial charge in [-0.1, -0.05) is 6.08 Å². The molecule has 0 radical (unpaired) electrons. The topological polar surface area (TPSA) is 63.7 Å². The van der Waals surface area contributed by atoms with Crippen molar-refractivity contribution in [1.82, 2.24) is 0 Å². The molecular weight excluding hydrogens is 359 g/mol. The maximum absolute atomic E-state index is 12.5.